The second-order valence-corrected chi connectivity index (χ2v) is 7.69. The van der Waals surface area contributed by atoms with Crippen molar-refractivity contribution < 1.29 is 8.42 Å². The molecule has 0 aliphatic heterocycles. The zero-order chi connectivity index (χ0) is 12.4. The van der Waals surface area contributed by atoms with Gasteiger partial charge in [0.05, 0.1) is 5.75 Å². The van der Waals surface area contributed by atoms with Crippen LogP contribution in [0.1, 0.15) is 51.4 Å². The van der Waals surface area contributed by atoms with Crippen LogP contribution in [-0.2, 0) is 10.0 Å². The molecule has 0 spiro atoms. The van der Waals surface area contributed by atoms with Crippen molar-refractivity contribution in [3.05, 3.63) is 0 Å². The zero-order valence-electron chi connectivity index (χ0n) is 10.3. The van der Waals surface area contributed by atoms with Gasteiger partial charge in [0.25, 0.3) is 0 Å². The first-order chi connectivity index (χ1) is 8.05. The Morgan fingerprint density at radius 1 is 1.12 bits per heavy atom. The number of hydrogen-bond acceptors (Lipinski definition) is 2. The zero-order valence-corrected chi connectivity index (χ0v) is 11.8. The average Bonchev–Trinajstić information content (AvgIpc) is 2.24. The standard InChI is InChI=1S/C12H22ClNO2S/c13-10-12(7-4-8-12)14-17(15,16)9-11-5-2-1-3-6-11/h11,14H,1-10H2. The van der Waals surface area contributed by atoms with E-state index >= 15 is 0 Å². The van der Waals surface area contributed by atoms with Crippen LogP contribution in [-0.4, -0.2) is 25.6 Å². The number of hydrogen-bond donors (Lipinski definition) is 1. The summed E-state index contributed by atoms with van der Waals surface area (Å²) in [5.74, 6) is 1.05. The van der Waals surface area contributed by atoms with Crippen molar-refractivity contribution in [2.45, 2.75) is 56.9 Å². The molecule has 0 unspecified atom stereocenters. The van der Waals surface area contributed by atoms with E-state index < -0.39 is 10.0 Å². The average molecular weight is 280 g/mol. The molecular formula is C12H22ClNO2S. The molecule has 2 aliphatic rings. The molecule has 2 aliphatic carbocycles. The summed E-state index contributed by atoms with van der Waals surface area (Å²) in [7, 11) is -3.15. The molecule has 0 aromatic heterocycles. The Morgan fingerprint density at radius 3 is 2.24 bits per heavy atom. The van der Waals surface area contributed by atoms with Crippen molar-refractivity contribution >= 4 is 21.6 Å². The maximum atomic E-state index is 12.1. The molecule has 1 N–H and O–H groups in total. The molecule has 2 rings (SSSR count). The Kier molecular flexibility index (Phi) is 4.37. The number of rotatable bonds is 5. The fourth-order valence-corrected chi connectivity index (χ4v) is 5.29. The van der Waals surface area contributed by atoms with E-state index in [1.54, 1.807) is 0 Å². The van der Waals surface area contributed by atoms with Crippen molar-refractivity contribution in [1.29, 1.82) is 0 Å². The van der Waals surface area contributed by atoms with Crippen LogP contribution in [0.15, 0.2) is 0 Å². The topological polar surface area (TPSA) is 46.2 Å². The molecule has 3 nitrogen and oxygen atoms in total. The van der Waals surface area contributed by atoms with E-state index in [0.717, 1.165) is 32.1 Å². The number of nitrogens with one attached hydrogen (secondary N) is 1. The predicted molar refractivity (Wildman–Crippen MR) is 70.8 cm³/mol. The second kappa shape index (κ2) is 5.45. The maximum absolute atomic E-state index is 12.1. The third-order valence-electron chi connectivity index (χ3n) is 4.12. The molecule has 0 aromatic rings. The minimum absolute atomic E-state index is 0.297. The summed E-state index contributed by atoms with van der Waals surface area (Å²) in [5.41, 5.74) is -0.324. The molecule has 0 saturated heterocycles. The van der Waals surface area contributed by atoms with E-state index in [4.69, 9.17) is 11.6 Å². The molecule has 0 atom stereocenters. The van der Waals surface area contributed by atoms with Gasteiger partial charge in [-0.2, -0.15) is 0 Å². The van der Waals surface area contributed by atoms with Gasteiger partial charge >= 0.3 is 0 Å². The fraction of sp³-hybridized carbons (Fsp3) is 1.00. The van der Waals surface area contributed by atoms with E-state index in [1.807, 2.05) is 0 Å². The van der Waals surface area contributed by atoms with E-state index in [1.165, 1.54) is 19.3 Å². The van der Waals surface area contributed by atoms with Gasteiger partial charge in [0, 0.05) is 11.4 Å². The number of sulfonamides is 1. The second-order valence-electron chi connectivity index (χ2n) is 5.66. The molecule has 0 radical (unpaired) electrons. The van der Waals surface area contributed by atoms with Gasteiger partial charge < -0.3 is 0 Å². The summed E-state index contributed by atoms with van der Waals surface area (Å²) in [6.07, 6.45) is 8.61. The first-order valence-corrected chi connectivity index (χ1v) is 8.82. The molecular weight excluding hydrogens is 258 g/mol. The Labute approximate surface area is 109 Å². The predicted octanol–water partition coefficient (Wildman–Crippen LogP) is 2.65. The minimum atomic E-state index is -3.15. The van der Waals surface area contributed by atoms with Crippen molar-refractivity contribution in [2.24, 2.45) is 5.92 Å². The summed E-state index contributed by atoms with van der Waals surface area (Å²) in [4.78, 5) is 0. The van der Waals surface area contributed by atoms with Crippen LogP contribution in [0.2, 0.25) is 0 Å². The summed E-state index contributed by atoms with van der Waals surface area (Å²) >= 11 is 5.88. The quantitative estimate of drug-likeness (QED) is 0.787. The summed E-state index contributed by atoms with van der Waals surface area (Å²) in [6.45, 7) is 0. The maximum Gasteiger partial charge on any atom is 0.212 e. The lowest BCUT2D eigenvalue weighted by Crippen LogP contribution is -2.55. The monoisotopic (exact) mass is 279 g/mol. The lowest BCUT2D eigenvalue weighted by Gasteiger charge is -2.40. The fourth-order valence-electron chi connectivity index (χ4n) is 2.90. The van der Waals surface area contributed by atoms with Crippen LogP contribution in [0, 0.1) is 5.92 Å². The highest BCUT2D eigenvalue weighted by Crippen LogP contribution is 2.34. The lowest BCUT2D eigenvalue weighted by atomic mass is 9.79. The van der Waals surface area contributed by atoms with Crippen molar-refractivity contribution in [2.75, 3.05) is 11.6 Å². The molecule has 100 valence electrons. The van der Waals surface area contributed by atoms with Crippen LogP contribution in [0.5, 0.6) is 0 Å². The summed E-state index contributed by atoms with van der Waals surface area (Å²) < 4.78 is 27.0. The van der Waals surface area contributed by atoms with Gasteiger partial charge in [-0.15, -0.1) is 11.6 Å². The first-order valence-electron chi connectivity index (χ1n) is 6.63. The van der Waals surface area contributed by atoms with Gasteiger partial charge in [-0.3, -0.25) is 0 Å². The Bertz CT molecular complexity index is 340. The highest BCUT2D eigenvalue weighted by Gasteiger charge is 2.40. The molecule has 2 saturated carbocycles. The normalized spacial score (nSPS) is 25.5. The summed E-state index contributed by atoms with van der Waals surface area (Å²) in [6, 6.07) is 0. The third kappa shape index (κ3) is 3.58. The highest BCUT2D eigenvalue weighted by molar-refractivity contribution is 7.89. The summed E-state index contributed by atoms with van der Waals surface area (Å²) in [5, 5.41) is 0. The smallest absolute Gasteiger partial charge is 0.212 e. The lowest BCUT2D eigenvalue weighted by molar-refractivity contribution is 0.251. The first kappa shape index (κ1) is 13.6. The molecule has 0 heterocycles. The van der Waals surface area contributed by atoms with E-state index in [-0.39, 0.29) is 5.54 Å². The molecule has 2 fully saturated rings. The number of alkyl halides is 1. The molecule has 0 amide bonds. The largest absolute Gasteiger partial charge is 0.212 e. The van der Waals surface area contributed by atoms with Crippen LogP contribution in [0.25, 0.3) is 0 Å². The Balaban J connectivity index is 1.89. The van der Waals surface area contributed by atoms with Crippen LogP contribution in [0.3, 0.4) is 0 Å². The van der Waals surface area contributed by atoms with Crippen LogP contribution >= 0.6 is 11.6 Å². The number of halogens is 1. The highest BCUT2D eigenvalue weighted by atomic mass is 35.5. The van der Waals surface area contributed by atoms with E-state index in [2.05, 4.69) is 4.72 Å². The van der Waals surface area contributed by atoms with Gasteiger partial charge in [-0.25, -0.2) is 13.1 Å². The van der Waals surface area contributed by atoms with Crippen molar-refractivity contribution in [1.82, 2.24) is 4.72 Å². The molecule has 0 bridgehead atoms. The van der Waals surface area contributed by atoms with Gasteiger partial charge in [-0.1, -0.05) is 19.3 Å². The minimum Gasteiger partial charge on any atom is -0.212 e. The molecule has 0 aromatic carbocycles. The van der Waals surface area contributed by atoms with E-state index in [0.29, 0.717) is 17.6 Å². The van der Waals surface area contributed by atoms with Crippen LogP contribution < -0.4 is 4.72 Å². The Hall–Kier alpha value is 0.200. The molecule has 5 heteroatoms. The van der Waals surface area contributed by atoms with Gasteiger partial charge in [-0.05, 0) is 38.0 Å². The van der Waals surface area contributed by atoms with Gasteiger partial charge in [0.1, 0.15) is 0 Å². The molecule has 17 heavy (non-hydrogen) atoms. The van der Waals surface area contributed by atoms with E-state index in [9.17, 15) is 8.42 Å². The van der Waals surface area contributed by atoms with Crippen LogP contribution in [0.4, 0.5) is 0 Å². The SMILES string of the molecule is O=S(=O)(CC1CCCCC1)NC1(CCl)CCC1. The van der Waals surface area contributed by atoms with Crippen molar-refractivity contribution in [3.8, 4) is 0 Å². The third-order valence-corrected chi connectivity index (χ3v) is 6.28. The van der Waals surface area contributed by atoms with Gasteiger partial charge in [0.2, 0.25) is 10.0 Å². The van der Waals surface area contributed by atoms with Gasteiger partial charge in [0.15, 0.2) is 0 Å². The van der Waals surface area contributed by atoms with Crippen molar-refractivity contribution in [3.63, 3.8) is 0 Å². The Morgan fingerprint density at radius 2 is 1.76 bits per heavy atom.